The molecular formula is C14H14N6OS. The van der Waals surface area contributed by atoms with Crippen LogP contribution in [0.1, 0.15) is 11.3 Å². The fourth-order valence-corrected chi connectivity index (χ4v) is 2.09. The number of hydrogen-bond acceptors (Lipinski definition) is 5. The van der Waals surface area contributed by atoms with Crippen LogP contribution in [0.4, 0.5) is 0 Å². The van der Waals surface area contributed by atoms with E-state index in [1.165, 1.54) is 4.68 Å². The molecule has 3 aromatic rings. The summed E-state index contributed by atoms with van der Waals surface area (Å²) >= 11 is 5.21. The number of nitrogens with one attached hydrogen (secondary N) is 2. The number of aryl methyl sites for hydroxylation is 1. The van der Waals surface area contributed by atoms with E-state index in [4.69, 9.17) is 17.0 Å². The number of aromatic nitrogens is 5. The van der Waals surface area contributed by atoms with Crippen LogP contribution < -0.4 is 4.74 Å². The summed E-state index contributed by atoms with van der Waals surface area (Å²) < 4.78 is 7.06. The third-order valence-electron chi connectivity index (χ3n) is 3.02. The van der Waals surface area contributed by atoms with Crippen molar-refractivity contribution in [2.75, 3.05) is 7.11 Å². The highest BCUT2D eigenvalue weighted by Gasteiger charge is 2.10. The van der Waals surface area contributed by atoms with E-state index in [1.54, 1.807) is 13.3 Å². The summed E-state index contributed by atoms with van der Waals surface area (Å²) in [5.74, 6) is 1.35. The predicted molar refractivity (Wildman–Crippen MR) is 85.7 cm³/mol. The number of methoxy groups -OCH3 is 1. The predicted octanol–water partition coefficient (Wildman–Crippen LogP) is 2.53. The van der Waals surface area contributed by atoms with Gasteiger partial charge in [0.25, 0.3) is 0 Å². The minimum absolute atomic E-state index is 0.403. The number of hydrogen-bond donors (Lipinski definition) is 2. The molecule has 0 aliphatic carbocycles. The van der Waals surface area contributed by atoms with Gasteiger partial charge < -0.3 is 4.74 Å². The van der Waals surface area contributed by atoms with Gasteiger partial charge in [0.15, 0.2) is 0 Å². The van der Waals surface area contributed by atoms with Crippen LogP contribution in [0.5, 0.6) is 5.75 Å². The summed E-state index contributed by atoms with van der Waals surface area (Å²) in [5, 5.41) is 18.3. The van der Waals surface area contributed by atoms with E-state index >= 15 is 0 Å². The van der Waals surface area contributed by atoms with Gasteiger partial charge in [-0.3, -0.25) is 5.10 Å². The van der Waals surface area contributed by atoms with Gasteiger partial charge in [-0.05, 0) is 55.0 Å². The van der Waals surface area contributed by atoms with Gasteiger partial charge in [-0.1, -0.05) is 0 Å². The first-order valence-corrected chi connectivity index (χ1v) is 6.96. The summed E-state index contributed by atoms with van der Waals surface area (Å²) in [4.78, 5) is 0. The van der Waals surface area contributed by atoms with E-state index in [-0.39, 0.29) is 0 Å². The molecule has 0 saturated heterocycles. The van der Waals surface area contributed by atoms with Crippen LogP contribution in [0.15, 0.2) is 35.4 Å². The van der Waals surface area contributed by atoms with E-state index in [0.717, 1.165) is 17.0 Å². The largest absolute Gasteiger partial charge is 0.497 e. The monoisotopic (exact) mass is 314 g/mol. The quantitative estimate of drug-likeness (QED) is 0.572. The van der Waals surface area contributed by atoms with E-state index in [1.807, 2.05) is 37.3 Å². The molecule has 0 spiro atoms. The lowest BCUT2D eigenvalue weighted by molar-refractivity contribution is 0.415. The molecule has 3 rings (SSSR count). The average Bonchev–Trinajstić information content (AvgIpc) is 3.11. The Hall–Kier alpha value is -2.74. The van der Waals surface area contributed by atoms with Crippen molar-refractivity contribution in [1.82, 2.24) is 25.1 Å². The summed E-state index contributed by atoms with van der Waals surface area (Å²) in [7, 11) is 1.63. The molecule has 2 N–H and O–H groups in total. The number of aromatic amines is 2. The Morgan fingerprint density at radius 3 is 2.64 bits per heavy atom. The third-order valence-corrected chi connectivity index (χ3v) is 3.29. The summed E-state index contributed by atoms with van der Waals surface area (Å²) in [5.41, 5.74) is 2.54. The molecule has 8 heteroatoms. The molecule has 2 aromatic heterocycles. The third kappa shape index (κ3) is 2.82. The second kappa shape index (κ2) is 5.94. The summed E-state index contributed by atoms with van der Waals surface area (Å²) in [6.45, 7) is 1.92. The van der Waals surface area contributed by atoms with E-state index < -0.39 is 0 Å². The highest BCUT2D eigenvalue weighted by molar-refractivity contribution is 7.71. The lowest BCUT2D eigenvalue weighted by Gasteiger charge is -1.99. The first kappa shape index (κ1) is 14.2. The van der Waals surface area contributed by atoms with E-state index in [0.29, 0.717) is 16.3 Å². The normalized spacial score (nSPS) is 11.2. The zero-order valence-corrected chi connectivity index (χ0v) is 12.9. The van der Waals surface area contributed by atoms with Crippen LogP contribution in [0.3, 0.4) is 0 Å². The van der Waals surface area contributed by atoms with Crippen molar-refractivity contribution in [2.24, 2.45) is 5.10 Å². The van der Waals surface area contributed by atoms with Gasteiger partial charge in [0, 0.05) is 5.69 Å². The summed E-state index contributed by atoms with van der Waals surface area (Å²) in [6.07, 6.45) is 1.70. The van der Waals surface area contributed by atoms with Crippen LogP contribution in [0, 0.1) is 11.7 Å². The van der Waals surface area contributed by atoms with Crippen molar-refractivity contribution < 1.29 is 4.74 Å². The van der Waals surface area contributed by atoms with Crippen LogP contribution >= 0.6 is 12.2 Å². The van der Waals surface area contributed by atoms with Crippen molar-refractivity contribution >= 4 is 18.4 Å². The molecule has 2 heterocycles. The first-order valence-electron chi connectivity index (χ1n) is 6.55. The minimum Gasteiger partial charge on any atom is -0.497 e. The lowest BCUT2D eigenvalue weighted by Crippen LogP contribution is -1.95. The highest BCUT2D eigenvalue weighted by Crippen LogP contribution is 2.15. The maximum atomic E-state index is 5.21. The van der Waals surface area contributed by atoms with Gasteiger partial charge in [-0.2, -0.15) is 20.0 Å². The smallest absolute Gasteiger partial charge is 0.216 e. The zero-order chi connectivity index (χ0) is 15.5. The number of nitrogens with zero attached hydrogens (tertiary/aromatic N) is 4. The molecule has 7 nitrogen and oxygen atoms in total. The molecule has 0 unspecified atom stereocenters. The molecular weight excluding hydrogens is 300 g/mol. The number of ether oxygens (including phenoxy) is 1. The number of benzene rings is 1. The summed E-state index contributed by atoms with van der Waals surface area (Å²) in [6, 6.07) is 9.43. The molecule has 0 amide bonds. The molecule has 0 fully saturated rings. The van der Waals surface area contributed by atoms with Crippen molar-refractivity contribution in [2.45, 2.75) is 6.92 Å². The number of rotatable bonds is 4. The van der Waals surface area contributed by atoms with Crippen LogP contribution in [-0.4, -0.2) is 38.4 Å². The van der Waals surface area contributed by atoms with Crippen molar-refractivity contribution in [3.8, 4) is 17.3 Å². The SMILES string of the molecule is COc1ccc(/C=N\n2c(-c3cc(C)[nH]n3)n[nH]c2=S)cc1. The number of H-pyrrole nitrogens is 2. The van der Waals surface area contributed by atoms with Crippen molar-refractivity contribution in [1.29, 1.82) is 0 Å². The van der Waals surface area contributed by atoms with Gasteiger partial charge in [-0.15, -0.1) is 0 Å². The Bertz CT molecular complexity index is 858. The maximum Gasteiger partial charge on any atom is 0.216 e. The van der Waals surface area contributed by atoms with Gasteiger partial charge in [0.2, 0.25) is 10.6 Å². The fraction of sp³-hybridized carbons (Fsp3) is 0.143. The molecule has 22 heavy (non-hydrogen) atoms. The van der Waals surface area contributed by atoms with Crippen molar-refractivity contribution in [3.63, 3.8) is 0 Å². The molecule has 0 radical (unpaired) electrons. The molecule has 0 aliphatic rings. The molecule has 112 valence electrons. The van der Waals surface area contributed by atoms with Crippen molar-refractivity contribution in [3.05, 3.63) is 46.4 Å². The van der Waals surface area contributed by atoms with E-state index in [9.17, 15) is 0 Å². The minimum atomic E-state index is 0.403. The topological polar surface area (TPSA) is 83.9 Å². The Kier molecular flexibility index (Phi) is 3.84. The van der Waals surface area contributed by atoms with Gasteiger partial charge in [0.05, 0.1) is 13.3 Å². The highest BCUT2D eigenvalue weighted by atomic mass is 32.1. The fourth-order valence-electron chi connectivity index (χ4n) is 1.91. The lowest BCUT2D eigenvalue weighted by atomic mass is 10.2. The molecule has 0 atom stereocenters. The van der Waals surface area contributed by atoms with Gasteiger partial charge >= 0.3 is 0 Å². The van der Waals surface area contributed by atoms with Crippen LogP contribution in [0.25, 0.3) is 11.5 Å². The molecule has 0 bridgehead atoms. The van der Waals surface area contributed by atoms with Crippen LogP contribution in [0.2, 0.25) is 0 Å². The van der Waals surface area contributed by atoms with Gasteiger partial charge in [-0.25, -0.2) is 5.10 Å². The maximum absolute atomic E-state index is 5.21. The van der Waals surface area contributed by atoms with Gasteiger partial charge in [0.1, 0.15) is 11.4 Å². The molecule has 1 aromatic carbocycles. The molecule has 0 saturated carbocycles. The Labute approximate surface area is 131 Å². The second-order valence-corrected chi connectivity index (χ2v) is 5.00. The first-order chi connectivity index (χ1) is 10.7. The van der Waals surface area contributed by atoms with Crippen LogP contribution in [-0.2, 0) is 0 Å². The molecule has 0 aliphatic heterocycles. The zero-order valence-electron chi connectivity index (χ0n) is 12.1. The standard InChI is InChI=1S/C14H14N6OS/c1-9-7-12(17-16-9)13-18-19-14(22)20(13)15-8-10-3-5-11(21-2)6-4-10/h3-8H,1-2H3,(H,16,17)(H,19,22)/b15-8-. The second-order valence-electron chi connectivity index (χ2n) is 4.62. The Balaban J connectivity index is 1.93. The Morgan fingerprint density at radius 1 is 1.23 bits per heavy atom. The average molecular weight is 314 g/mol. The van der Waals surface area contributed by atoms with E-state index in [2.05, 4.69) is 25.5 Å². The Morgan fingerprint density at radius 2 is 2.00 bits per heavy atom.